The first-order valence-electron chi connectivity index (χ1n) is 7.70. The van der Waals surface area contributed by atoms with E-state index in [4.69, 9.17) is 4.42 Å². The molecule has 2 aromatic rings. The van der Waals surface area contributed by atoms with Gasteiger partial charge in [-0.15, -0.1) is 11.3 Å². The third-order valence-electron chi connectivity index (χ3n) is 3.48. The van der Waals surface area contributed by atoms with E-state index in [-0.39, 0.29) is 18.1 Å². The van der Waals surface area contributed by atoms with E-state index < -0.39 is 6.10 Å². The van der Waals surface area contributed by atoms with Gasteiger partial charge in [0.15, 0.2) is 0 Å². The molecule has 0 saturated carbocycles. The zero-order valence-electron chi connectivity index (χ0n) is 13.6. The molecule has 0 aliphatic rings. The highest BCUT2D eigenvalue weighted by Crippen LogP contribution is 2.22. The molecular weight excluding hydrogens is 314 g/mol. The number of nitrogens with one attached hydrogen (secondary N) is 2. The summed E-state index contributed by atoms with van der Waals surface area (Å²) >= 11 is 1.58. The number of aliphatic hydroxyl groups excluding tert-OH is 1. The molecule has 6 nitrogen and oxygen atoms in total. The molecule has 2 rings (SSSR count). The molecular formula is C16H23N3O3S. The van der Waals surface area contributed by atoms with Crippen LogP contribution < -0.4 is 10.6 Å². The minimum absolute atomic E-state index is 0.101. The molecule has 0 unspecified atom stereocenters. The smallest absolute Gasteiger partial charge is 0.315 e. The van der Waals surface area contributed by atoms with Gasteiger partial charge in [0.05, 0.1) is 12.3 Å². The van der Waals surface area contributed by atoms with Crippen molar-refractivity contribution in [2.24, 2.45) is 0 Å². The van der Waals surface area contributed by atoms with E-state index in [2.05, 4.69) is 15.6 Å². The summed E-state index contributed by atoms with van der Waals surface area (Å²) in [6, 6.07) is 2.89. The summed E-state index contributed by atoms with van der Waals surface area (Å²) in [4.78, 5) is 17.6. The highest BCUT2D eigenvalue weighted by molar-refractivity contribution is 7.11. The number of urea groups is 1. The van der Waals surface area contributed by atoms with Crippen LogP contribution >= 0.6 is 11.3 Å². The Bertz CT molecular complexity index is 612. The quantitative estimate of drug-likeness (QED) is 0.723. The lowest BCUT2D eigenvalue weighted by Crippen LogP contribution is -2.42. The Morgan fingerprint density at radius 2 is 2.26 bits per heavy atom. The van der Waals surface area contributed by atoms with Gasteiger partial charge in [0.25, 0.3) is 0 Å². The maximum absolute atomic E-state index is 12.1. The van der Waals surface area contributed by atoms with Crippen LogP contribution in [0.2, 0.25) is 0 Å². The molecule has 2 heterocycles. The number of thiazole rings is 1. The minimum atomic E-state index is -0.733. The summed E-state index contributed by atoms with van der Waals surface area (Å²) in [6.45, 7) is 5.85. The Morgan fingerprint density at radius 1 is 1.48 bits per heavy atom. The van der Waals surface area contributed by atoms with E-state index >= 15 is 0 Å². The number of hydrogen-bond donors (Lipinski definition) is 3. The molecule has 0 aliphatic carbocycles. The number of rotatable bonds is 7. The number of aryl methyl sites for hydroxylation is 1. The Morgan fingerprint density at radius 3 is 2.83 bits per heavy atom. The molecule has 126 valence electrons. The number of amides is 2. The molecule has 0 aliphatic heterocycles. The fourth-order valence-electron chi connectivity index (χ4n) is 2.29. The van der Waals surface area contributed by atoms with Crippen LogP contribution in [0.4, 0.5) is 4.79 Å². The van der Waals surface area contributed by atoms with Crippen molar-refractivity contribution in [3.05, 3.63) is 40.2 Å². The zero-order chi connectivity index (χ0) is 16.8. The van der Waals surface area contributed by atoms with Crippen LogP contribution in [0.1, 0.15) is 54.5 Å². The van der Waals surface area contributed by atoms with Crippen LogP contribution in [-0.2, 0) is 0 Å². The van der Waals surface area contributed by atoms with E-state index in [0.29, 0.717) is 12.2 Å². The van der Waals surface area contributed by atoms with Gasteiger partial charge in [-0.3, -0.25) is 0 Å². The van der Waals surface area contributed by atoms with Gasteiger partial charge in [0, 0.05) is 23.5 Å². The minimum Gasteiger partial charge on any atom is -0.467 e. The highest BCUT2D eigenvalue weighted by atomic mass is 32.1. The van der Waals surface area contributed by atoms with Crippen LogP contribution in [-0.4, -0.2) is 22.2 Å². The van der Waals surface area contributed by atoms with Gasteiger partial charge in [-0.1, -0.05) is 6.92 Å². The largest absolute Gasteiger partial charge is 0.467 e. The third kappa shape index (κ3) is 5.07. The topological polar surface area (TPSA) is 87.4 Å². The number of aromatic nitrogens is 1. The lowest BCUT2D eigenvalue weighted by molar-refractivity contribution is 0.129. The van der Waals surface area contributed by atoms with Crippen molar-refractivity contribution in [2.45, 2.75) is 51.8 Å². The summed E-state index contributed by atoms with van der Waals surface area (Å²) in [5.41, 5.74) is 0. The monoisotopic (exact) mass is 337 g/mol. The number of carbonyl (C=O) groups is 1. The van der Waals surface area contributed by atoms with Gasteiger partial charge in [0.2, 0.25) is 0 Å². The second kappa shape index (κ2) is 8.12. The Hall–Kier alpha value is -1.86. The third-order valence-corrected chi connectivity index (χ3v) is 4.50. The van der Waals surface area contributed by atoms with Gasteiger partial charge < -0.3 is 20.2 Å². The lowest BCUT2D eigenvalue weighted by atomic mass is 10.1. The zero-order valence-corrected chi connectivity index (χ0v) is 14.4. The van der Waals surface area contributed by atoms with Gasteiger partial charge in [-0.2, -0.15) is 0 Å². The predicted molar refractivity (Wildman–Crippen MR) is 89.3 cm³/mol. The number of nitrogens with zero attached hydrogens (tertiary/aromatic N) is 1. The maximum atomic E-state index is 12.1. The molecule has 0 fully saturated rings. The van der Waals surface area contributed by atoms with Gasteiger partial charge in [0.1, 0.15) is 16.9 Å². The average Bonchev–Trinajstić information content (AvgIpc) is 3.15. The first kappa shape index (κ1) is 17.5. The van der Waals surface area contributed by atoms with Crippen LogP contribution in [0.25, 0.3) is 0 Å². The summed E-state index contributed by atoms with van der Waals surface area (Å²) in [5, 5.41) is 16.7. The maximum Gasteiger partial charge on any atom is 0.315 e. The number of aliphatic hydroxyl groups is 1. The second-order valence-corrected chi connectivity index (χ2v) is 6.82. The van der Waals surface area contributed by atoms with E-state index in [1.807, 2.05) is 27.0 Å². The molecule has 23 heavy (non-hydrogen) atoms. The normalized spacial score (nSPS) is 15.0. The molecule has 2 aromatic heterocycles. The molecule has 7 heteroatoms. The number of furan rings is 1. The van der Waals surface area contributed by atoms with Gasteiger partial charge in [-0.25, -0.2) is 9.78 Å². The van der Waals surface area contributed by atoms with Crippen LogP contribution in [0.15, 0.2) is 29.0 Å². The predicted octanol–water partition coefficient (Wildman–Crippen LogP) is 3.31. The highest BCUT2D eigenvalue weighted by Gasteiger charge is 2.19. The van der Waals surface area contributed by atoms with Crippen LogP contribution in [0.5, 0.6) is 0 Å². The average molecular weight is 337 g/mol. The lowest BCUT2D eigenvalue weighted by Gasteiger charge is -2.20. The standard InChI is InChI=1S/C16H23N3O3S/c1-4-12(15-17-9-11(3)23-15)19-16(21)18-10(2)8-13(20)14-6-5-7-22-14/h5-7,9-10,12-13,20H,4,8H2,1-3H3,(H2,18,19,21)/t10-,12-,13-/m0/s1. The van der Waals surface area contributed by atoms with Crippen molar-refractivity contribution in [3.8, 4) is 0 Å². The van der Waals surface area contributed by atoms with Crippen molar-refractivity contribution in [1.29, 1.82) is 0 Å². The van der Waals surface area contributed by atoms with Crippen molar-refractivity contribution in [3.63, 3.8) is 0 Å². The van der Waals surface area contributed by atoms with E-state index in [9.17, 15) is 9.90 Å². The first-order chi connectivity index (χ1) is 11.0. The molecule has 0 aromatic carbocycles. The molecule has 0 saturated heterocycles. The van der Waals surface area contributed by atoms with Gasteiger partial charge in [-0.05, 0) is 32.4 Å². The molecule has 0 radical (unpaired) electrons. The molecule has 2 amide bonds. The van der Waals surface area contributed by atoms with Gasteiger partial charge >= 0.3 is 6.03 Å². The molecule has 3 N–H and O–H groups in total. The summed E-state index contributed by atoms with van der Waals surface area (Å²) in [6.07, 6.45) is 3.75. The Labute approximate surface area is 139 Å². The number of hydrogen-bond acceptors (Lipinski definition) is 5. The van der Waals surface area contributed by atoms with E-state index in [1.54, 1.807) is 23.5 Å². The van der Waals surface area contributed by atoms with Crippen LogP contribution in [0, 0.1) is 6.92 Å². The number of carbonyl (C=O) groups excluding carboxylic acids is 1. The van der Waals surface area contributed by atoms with Crippen molar-refractivity contribution in [1.82, 2.24) is 15.6 Å². The van der Waals surface area contributed by atoms with Crippen molar-refractivity contribution in [2.75, 3.05) is 0 Å². The van der Waals surface area contributed by atoms with Crippen molar-refractivity contribution >= 4 is 17.4 Å². The summed E-state index contributed by atoms with van der Waals surface area (Å²) in [5.74, 6) is 0.503. The van der Waals surface area contributed by atoms with E-state index in [0.717, 1.165) is 16.3 Å². The molecule has 0 spiro atoms. The fourth-order valence-corrected chi connectivity index (χ4v) is 3.19. The fraction of sp³-hybridized carbons (Fsp3) is 0.500. The van der Waals surface area contributed by atoms with Crippen molar-refractivity contribution < 1.29 is 14.3 Å². The summed E-state index contributed by atoms with van der Waals surface area (Å²) in [7, 11) is 0. The summed E-state index contributed by atoms with van der Waals surface area (Å²) < 4.78 is 5.16. The Kier molecular flexibility index (Phi) is 6.18. The van der Waals surface area contributed by atoms with E-state index in [1.165, 1.54) is 6.26 Å². The Balaban J connectivity index is 1.83. The SMILES string of the molecule is CC[C@H](NC(=O)N[C@@H](C)C[C@H](O)c1ccco1)c1ncc(C)s1. The van der Waals surface area contributed by atoms with Crippen LogP contribution in [0.3, 0.4) is 0 Å². The second-order valence-electron chi connectivity index (χ2n) is 5.56. The molecule has 0 bridgehead atoms. The first-order valence-corrected chi connectivity index (χ1v) is 8.52. The molecule has 3 atom stereocenters.